The van der Waals surface area contributed by atoms with Crippen molar-refractivity contribution in [3.05, 3.63) is 65.8 Å². The third kappa shape index (κ3) is 2.04. The number of aromatic nitrogens is 4. The molecule has 0 aliphatic heterocycles. The van der Waals surface area contributed by atoms with Gasteiger partial charge in [0.05, 0.1) is 29.6 Å². The van der Waals surface area contributed by atoms with Gasteiger partial charge >= 0.3 is 0 Å². The fraction of sp³-hybridized carbons (Fsp3) is 0.0625. The van der Waals surface area contributed by atoms with Crippen molar-refractivity contribution >= 4 is 33.5 Å². The fourth-order valence-electron chi connectivity index (χ4n) is 2.53. The number of imidazole rings is 1. The van der Waals surface area contributed by atoms with Gasteiger partial charge in [-0.1, -0.05) is 35.9 Å². The molecular formula is C16H11ClN4. The van der Waals surface area contributed by atoms with Gasteiger partial charge in [-0.05, 0) is 18.2 Å². The summed E-state index contributed by atoms with van der Waals surface area (Å²) in [6.07, 6.45) is 3.58. The number of pyridine rings is 2. The monoisotopic (exact) mass is 294 g/mol. The van der Waals surface area contributed by atoms with Crippen LogP contribution in [0, 0.1) is 0 Å². The molecule has 0 radical (unpaired) electrons. The van der Waals surface area contributed by atoms with Crippen LogP contribution in [-0.2, 0) is 6.54 Å². The molecule has 3 heterocycles. The summed E-state index contributed by atoms with van der Waals surface area (Å²) in [4.78, 5) is 13.2. The number of halogens is 1. The Labute approximate surface area is 126 Å². The maximum absolute atomic E-state index is 6.25. The second-order valence-corrected chi connectivity index (χ2v) is 5.17. The number of nitrogens with zero attached hydrogens (tertiary/aromatic N) is 4. The van der Waals surface area contributed by atoms with Gasteiger partial charge in [0.15, 0.2) is 5.15 Å². The summed E-state index contributed by atoms with van der Waals surface area (Å²) in [7, 11) is 0. The molecule has 0 fully saturated rings. The van der Waals surface area contributed by atoms with Crippen molar-refractivity contribution in [1.29, 1.82) is 0 Å². The molecule has 4 aromatic rings. The Hall–Kier alpha value is -2.46. The summed E-state index contributed by atoms with van der Waals surface area (Å²) >= 11 is 6.25. The highest BCUT2D eigenvalue weighted by Crippen LogP contribution is 2.28. The minimum Gasteiger partial charge on any atom is -0.324 e. The average molecular weight is 295 g/mol. The smallest absolute Gasteiger partial charge is 0.157 e. The van der Waals surface area contributed by atoms with Crippen molar-refractivity contribution in [2.45, 2.75) is 6.54 Å². The van der Waals surface area contributed by atoms with E-state index < -0.39 is 0 Å². The Bertz CT molecular complexity index is 931. The van der Waals surface area contributed by atoms with Gasteiger partial charge in [-0.3, -0.25) is 4.98 Å². The van der Waals surface area contributed by atoms with Crippen LogP contribution < -0.4 is 0 Å². The lowest BCUT2D eigenvalue weighted by atomic mass is 10.2. The topological polar surface area (TPSA) is 43.6 Å². The highest BCUT2D eigenvalue weighted by atomic mass is 35.5. The molecule has 0 N–H and O–H groups in total. The van der Waals surface area contributed by atoms with Gasteiger partial charge in [-0.2, -0.15) is 0 Å². The lowest BCUT2D eigenvalue weighted by Crippen LogP contribution is -2.00. The molecule has 1 aromatic carbocycles. The third-order valence-corrected chi connectivity index (χ3v) is 3.73. The Morgan fingerprint density at radius 1 is 1.00 bits per heavy atom. The molecule has 0 bridgehead atoms. The summed E-state index contributed by atoms with van der Waals surface area (Å²) in [6.45, 7) is 0.654. The first-order chi connectivity index (χ1) is 10.3. The molecule has 3 aromatic heterocycles. The van der Waals surface area contributed by atoms with E-state index in [0.717, 1.165) is 27.6 Å². The normalized spacial score (nSPS) is 11.3. The minimum atomic E-state index is 0.434. The molecule has 0 amide bonds. The van der Waals surface area contributed by atoms with Crippen molar-refractivity contribution in [2.24, 2.45) is 0 Å². The molecule has 0 aliphatic rings. The maximum atomic E-state index is 6.25. The van der Waals surface area contributed by atoms with Gasteiger partial charge in [-0.25, -0.2) is 9.97 Å². The largest absolute Gasteiger partial charge is 0.324 e. The molecule has 21 heavy (non-hydrogen) atoms. The Morgan fingerprint density at radius 3 is 2.71 bits per heavy atom. The first-order valence-electron chi connectivity index (χ1n) is 6.62. The summed E-state index contributed by atoms with van der Waals surface area (Å²) in [5, 5.41) is 1.48. The van der Waals surface area contributed by atoms with E-state index in [2.05, 4.69) is 19.5 Å². The van der Waals surface area contributed by atoms with Crippen LogP contribution in [0.25, 0.3) is 21.9 Å². The van der Waals surface area contributed by atoms with Crippen molar-refractivity contribution in [1.82, 2.24) is 19.5 Å². The molecule has 5 heteroatoms. The summed E-state index contributed by atoms with van der Waals surface area (Å²) in [5.41, 5.74) is 3.58. The number of hydrogen-bond acceptors (Lipinski definition) is 3. The van der Waals surface area contributed by atoms with E-state index in [9.17, 15) is 0 Å². The first-order valence-corrected chi connectivity index (χ1v) is 7.00. The lowest BCUT2D eigenvalue weighted by Gasteiger charge is -2.06. The zero-order valence-corrected chi connectivity index (χ0v) is 11.8. The molecule has 0 unspecified atom stereocenters. The highest BCUT2D eigenvalue weighted by Gasteiger charge is 2.12. The SMILES string of the molecule is Clc1nc2ccccc2c2c1ncn2Cc1ccccn1. The summed E-state index contributed by atoms with van der Waals surface area (Å²) < 4.78 is 2.06. The molecule has 4 rings (SSSR count). The van der Waals surface area contributed by atoms with Gasteiger partial charge in [0, 0.05) is 11.6 Å². The van der Waals surface area contributed by atoms with Gasteiger partial charge in [0.25, 0.3) is 0 Å². The molecule has 102 valence electrons. The van der Waals surface area contributed by atoms with E-state index in [1.807, 2.05) is 42.5 Å². The highest BCUT2D eigenvalue weighted by molar-refractivity contribution is 6.35. The Balaban J connectivity index is 1.98. The van der Waals surface area contributed by atoms with Crippen molar-refractivity contribution in [3.8, 4) is 0 Å². The van der Waals surface area contributed by atoms with Crippen LogP contribution in [0.4, 0.5) is 0 Å². The number of para-hydroxylation sites is 1. The average Bonchev–Trinajstić information content (AvgIpc) is 2.93. The number of rotatable bonds is 2. The van der Waals surface area contributed by atoms with Crippen LogP contribution in [0.3, 0.4) is 0 Å². The van der Waals surface area contributed by atoms with E-state index in [1.54, 1.807) is 12.5 Å². The van der Waals surface area contributed by atoms with Crippen LogP contribution in [0.2, 0.25) is 5.15 Å². The zero-order valence-electron chi connectivity index (χ0n) is 11.1. The predicted octanol–water partition coefficient (Wildman–Crippen LogP) is 3.68. The predicted molar refractivity (Wildman–Crippen MR) is 83.4 cm³/mol. The second kappa shape index (κ2) is 4.82. The summed E-state index contributed by atoms with van der Waals surface area (Å²) in [6, 6.07) is 13.8. The van der Waals surface area contributed by atoms with Crippen LogP contribution in [-0.4, -0.2) is 19.5 Å². The van der Waals surface area contributed by atoms with E-state index in [0.29, 0.717) is 11.7 Å². The maximum Gasteiger partial charge on any atom is 0.157 e. The van der Waals surface area contributed by atoms with Gasteiger partial charge in [-0.15, -0.1) is 0 Å². The van der Waals surface area contributed by atoms with Crippen LogP contribution >= 0.6 is 11.6 Å². The van der Waals surface area contributed by atoms with Gasteiger partial charge in [0.2, 0.25) is 0 Å². The van der Waals surface area contributed by atoms with E-state index in [1.165, 1.54) is 0 Å². The molecule has 0 saturated heterocycles. The molecule has 4 nitrogen and oxygen atoms in total. The lowest BCUT2D eigenvalue weighted by molar-refractivity contribution is 0.799. The quantitative estimate of drug-likeness (QED) is 0.530. The minimum absolute atomic E-state index is 0.434. The third-order valence-electron chi connectivity index (χ3n) is 3.47. The number of hydrogen-bond donors (Lipinski definition) is 0. The Kier molecular flexibility index (Phi) is 2.82. The van der Waals surface area contributed by atoms with Crippen molar-refractivity contribution in [2.75, 3.05) is 0 Å². The molecule has 0 atom stereocenters. The van der Waals surface area contributed by atoms with Crippen LogP contribution in [0.15, 0.2) is 55.0 Å². The molecule has 0 saturated carbocycles. The van der Waals surface area contributed by atoms with E-state index in [-0.39, 0.29) is 0 Å². The summed E-state index contributed by atoms with van der Waals surface area (Å²) in [5.74, 6) is 0. The van der Waals surface area contributed by atoms with Crippen molar-refractivity contribution < 1.29 is 0 Å². The standard InChI is InChI=1S/C16H11ClN4/c17-16-14-15(12-6-1-2-7-13(12)20-16)21(10-19-14)9-11-5-3-4-8-18-11/h1-8,10H,9H2. The molecule has 0 aliphatic carbocycles. The molecular weight excluding hydrogens is 284 g/mol. The second-order valence-electron chi connectivity index (χ2n) is 4.81. The van der Waals surface area contributed by atoms with Crippen molar-refractivity contribution in [3.63, 3.8) is 0 Å². The van der Waals surface area contributed by atoms with E-state index in [4.69, 9.17) is 11.6 Å². The number of fused-ring (bicyclic) bond motifs is 3. The van der Waals surface area contributed by atoms with Crippen LogP contribution in [0.5, 0.6) is 0 Å². The first kappa shape index (κ1) is 12.3. The molecule has 0 spiro atoms. The van der Waals surface area contributed by atoms with Gasteiger partial charge < -0.3 is 4.57 Å². The fourth-order valence-corrected chi connectivity index (χ4v) is 2.76. The van der Waals surface area contributed by atoms with E-state index >= 15 is 0 Å². The van der Waals surface area contributed by atoms with Crippen LogP contribution in [0.1, 0.15) is 5.69 Å². The Morgan fingerprint density at radius 2 is 1.86 bits per heavy atom. The zero-order chi connectivity index (χ0) is 14.2. The number of benzene rings is 1. The van der Waals surface area contributed by atoms with Gasteiger partial charge in [0.1, 0.15) is 5.52 Å².